The van der Waals surface area contributed by atoms with Crippen LogP contribution in [0, 0.1) is 23.0 Å². The average molecular weight is 616 g/mol. The Morgan fingerprint density at radius 3 is 2.45 bits per heavy atom. The average Bonchev–Trinajstić information content (AvgIpc) is 3.37. The number of hydrogen-bond donors (Lipinski definition) is 1. The van der Waals surface area contributed by atoms with Crippen LogP contribution in [0.5, 0.6) is 0 Å². The standard InChI is InChI=1S/C20H17F5N2O2.C11H13N3O/c21-14-9-15(22)11-16(10-14)27(12-28)19(18(29)26-8-7-20(23,24)25)6-5-13-3-1-2-4-17(13)19;1-14(6-2-3-7-15)11-8-10(9-12)4-5-13-11/h1-4,9-12H,5-8H2,(H,26,29);4-5,7-8H,2-3,6H2,1H3. The van der Waals surface area contributed by atoms with E-state index in [-0.39, 0.29) is 18.5 Å². The maximum atomic E-state index is 13.8. The highest BCUT2D eigenvalue weighted by Gasteiger charge is 2.50. The lowest BCUT2D eigenvalue weighted by atomic mass is 9.88. The van der Waals surface area contributed by atoms with E-state index >= 15 is 0 Å². The SMILES string of the molecule is CN(CCCC=O)c1cc(C#N)ccn1.O=CN(c1cc(F)cc(F)c1)C1(C(=O)NCCC(F)(F)F)CCc2ccccc21. The molecule has 1 atom stereocenters. The number of aldehydes is 1. The van der Waals surface area contributed by atoms with Gasteiger partial charge in [0, 0.05) is 38.8 Å². The maximum absolute atomic E-state index is 13.8. The number of rotatable bonds is 11. The summed E-state index contributed by atoms with van der Waals surface area (Å²) in [5, 5.41) is 10.9. The normalized spacial score (nSPS) is 15.2. The molecule has 1 N–H and O–H groups in total. The molecule has 0 spiro atoms. The number of fused-ring (bicyclic) bond motifs is 1. The van der Waals surface area contributed by atoms with Crippen molar-refractivity contribution in [1.29, 1.82) is 5.26 Å². The molecule has 232 valence electrons. The van der Waals surface area contributed by atoms with Crippen molar-refractivity contribution in [2.75, 3.05) is 29.9 Å². The Morgan fingerprint density at radius 2 is 1.82 bits per heavy atom. The van der Waals surface area contributed by atoms with Crippen LogP contribution in [0.1, 0.15) is 42.4 Å². The van der Waals surface area contributed by atoms with Gasteiger partial charge in [-0.15, -0.1) is 0 Å². The summed E-state index contributed by atoms with van der Waals surface area (Å²) in [4.78, 5) is 42.2. The Balaban J connectivity index is 0.000000297. The molecule has 1 heterocycles. The number of halogens is 5. The lowest BCUT2D eigenvalue weighted by Crippen LogP contribution is -2.55. The number of pyridine rings is 1. The van der Waals surface area contributed by atoms with Crippen molar-refractivity contribution >= 4 is 30.1 Å². The largest absolute Gasteiger partial charge is 0.390 e. The van der Waals surface area contributed by atoms with E-state index in [1.807, 2.05) is 11.9 Å². The predicted molar refractivity (Wildman–Crippen MR) is 153 cm³/mol. The Kier molecular flexibility index (Phi) is 11.5. The molecule has 0 fully saturated rings. The van der Waals surface area contributed by atoms with E-state index in [4.69, 9.17) is 5.26 Å². The van der Waals surface area contributed by atoms with E-state index in [0.717, 1.165) is 47.7 Å². The summed E-state index contributed by atoms with van der Waals surface area (Å²) in [6.07, 6.45) is -1.14. The van der Waals surface area contributed by atoms with Gasteiger partial charge in [-0.2, -0.15) is 18.4 Å². The minimum atomic E-state index is -4.47. The summed E-state index contributed by atoms with van der Waals surface area (Å²) in [6, 6.07) is 14.5. The summed E-state index contributed by atoms with van der Waals surface area (Å²) < 4.78 is 65.0. The minimum absolute atomic E-state index is 0.0566. The molecule has 44 heavy (non-hydrogen) atoms. The molecule has 8 nitrogen and oxygen atoms in total. The second-order valence-electron chi connectivity index (χ2n) is 9.99. The molecule has 1 unspecified atom stereocenters. The third-order valence-corrected chi connectivity index (χ3v) is 7.01. The van der Waals surface area contributed by atoms with Crippen LogP contribution < -0.4 is 15.1 Å². The Morgan fingerprint density at radius 1 is 1.11 bits per heavy atom. The van der Waals surface area contributed by atoms with Crippen molar-refractivity contribution in [3.8, 4) is 6.07 Å². The van der Waals surface area contributed by atoms with Gasteiger partial charge < -0.3 is 15.0 Å². The molecule has 0 radical (unpaired) electrons. The van der Waals surface area contributed by atoms with Gasteiger partial charge in [-0.1, -0.05) is 24.3 Å². The Labute approximate surface area is 251 Å². The molecule has 0 aliphatic heterocycles. The molecule has 13 heteroatoms. The number of carbonyl (C=O) groups is 3. The predicted octanol–water partition coefficient (Wildman–Crippen LogP) is 5.21. The van der Waals surface area contributed by atoms with Crippen LogP contribution in [0.2, 0.25) is 0 Å². The van der Waals surface area contributed by atoms with Gasteiger partial charge in [0.2, 0.25) is 6.41 Å². The van der Waals surface area contributed by atoms with Gasteiger partial charge in [0.1, 0.15) is 23.7 Å². The van der Waals surface area contributed by atoms with Crippen LogP contribution in [-0.4, -0.2) is 49.9 Å². The highest BCUT2D eigenvalue weighted by atomic mass is 19.4. The molecule has 1 aliphatic carbocycles. The minimum Gasteiger partial charge on any atom is -0.360 e. The topological polar surface area (TPSA) is 106 Å². The number of amides is 2. The van der Waals surface area contributed by atoms with Crippen molar-refractivity contribution in [3.05, 3.63) is 89.1 Å². The first-order chi connectivity index (χ1) is 20.9. The molecule has 3 aromatic rings. The zero-order valence-corrected chi connectivity index (χ0v) is 23.8. The van der Waals surface area contributed by atoms with Gasteiger partial charge in [-0.3, -0.25) is 14.5 Å². The number of carbonyl (C=O) groups excluding carboxylic acids is 3. The summed E-state index contributed by atoms with van der Waals surface area (Å²) >= 11 is 0. The van der Waals surface area contributed by atoms with Crippen LogP contribution >= 0.6 is 0 Å². The highest BCUT2D eigenvalue weighted by Crippen LogP contribution is 2.44. The van der Waals surface area contributed by atoms with Crippen molar-refractivity contribution in [1.82, 2.24) is 10.3 Å². The zero-order valence-electron chi connectivity index (χ0n) is 23.8. The Bertz CT molecular complexity index is 1490. The van der Waals surface area contributed by atoms with Gasteiger partial charge in [0.25, 0.3) is 5.91 Å². The van der Waals surface area contributed by atoms with E-state index in [1.165, 1.54) is 0 Å². The van der Waals surface area contributed by atoms with Crippen molar-refractivity contribution in [2.24, 2.45) is 0 Å². The first kappa shape index (κ1) is 33.6. The van der Waals surface area contributed by atoms with Crippen LogP contribution in [-0.2, 0) is 26.3 Å². The smallest absolute Gasteiger partial charge is 0.360 e. The third kappa shape index (κ3) is 8.37. The highest BCUT2D eigenvalue weighted by molar-refractivity contribution is 5.98. The second-order valence-corrected chi connectivity index (χ2v) is 9.99. The summed E-state index contributed by atoms with van der Waals surface area (Å²) in [5.74, 6) is -1.99. The van der Waals surface area contributed by atoms with Gasteiger partial charge in [-0.05, 0) is 54.7 Å². The molecular weight excluding hydrogens is 585 g/mol. The lowest BCUT2D eigenvalue weighted by Gasteiger charge is -2.38. The number of aryl methyl sites for hydroxylation is 1. The number of nitriles is 1. The van der Waals surface area contributed by atoms with Crippen LogP contribution in [0.15, 0.2) is 60.8 Å². The maximum Gasteiger partial charge on any atom is 0.390 e. The van der Waals surface area contributed by atoms with Gasteiger partial charge in [0.05, 0.1) is 23.7 Å². The van der Waals surface area contributed by atoms with Crippen molar-refractivity contribution in [3.63, 3.8) is 0 Å². The number of hydrogen-bond acceptors (Lipinski definition) is 6. The van der Waals surface area contributed by atoms with Gasteiger partial charge in [0.15, 0.2) is 5.54 Å². The monoisotopic (exact) mass is 615 g/mol. The molecule has 1 aromatic heterocycles. The number of benzene rings is 2. The quantitative estimate of drug-likeness (QED) is 0.181. The number of alkyl halides is 3. The summed E-state index contributed by atoms with van der Waals surface area (Å²) in [6.45, 7) is 0.0804. The molecule has 2 aromatic carbocycles. The van der Waals surface area contributed by atoms with Crippen molar-refractivity contribution in [2.45, 2.75) is 43.8 Å². The molecule has 0 bridgehead atoms. The molecule has 4 rings (SSSR count). The zero-order chi connectivity index (χ0) is 32.3. The van der Waals surface area contributed by atoms with Gasteiger partial charge in [-0.25, -0.2) is 13.8 Å². The fourth-order valence-electron chi connectivity index (χ4n) is 4.92. The van der Waals surface area contributed by atoms with Crippen LogP contribution in [0.3, 0.4) is 0 Å². The molecule has 1 aliphatic rings. The van der Waals surface area contributed by atoms with E-state index in [1.54, 1.807) is 42.6 Å². The fourth-order valence-corrected chi connectivity index (χ4v) is 4.92. The number of unbranched alkanes of at least 4 members (excludes halogenated alkanes) is 1. The first-order valence-electron chi connectivity index (χ1n) is 13.6. The summed E-state index contributed by atoms with van der Waals surface area (Å²) in [7, 11) is 1.90. The molecule has 0 saturated heterocycles. The fraction of sp³-hybridized carbons (Fsp3) is 0.323. The molecule has 0 saturated carbocycles. The van der Waals surface area contributed by atoms with E-state index < -0.39 is 42.2 Å². The number of anilines is 2. The molecule has 2 amide bonds. The number of nitrogens with zero attached hydrogens (tertiary/aromatic N) is 4. The lowest BCUT2D eigenvalue weighted by molar-refractivity contribution is -0.137. The van der Waals surface area contributed by atoms with E-state index in [2.05, 4.69) is 16.4 Å². The van der Waals surface area contributed by atoms with Crippen molar-refractivity contribution < 1.29 is 36.3 Å². The van der Waals surface area contributed by atoms with Crippen LogP contribution in [0.4, 0.5) is 33.5 Å². The molecular formula is C31H30F5N5O3. The van der Waals surface area contributed by atoms with Gasteiger partial charge >= 0.3 is 6.18 Å². The third-order valence-electron chi connectivity index (χ3n) is 7.01. The van der Waals surface area contributed by atoms with E-state index in [9.17, 15) is 36.3 Å². The second kappa shape index (κ2) is 15.0. The number of aromatic nitrogens is 1. The van der Waals surface area contributed by atoms with Crippen LogP contribution in [0.25, 0.3) is 0 Å². The summed E-state index contributed by atoms with van der Waals surface area (Å²) in [5.41, 5.74) is -0.199. The first-order valence-corrected chi connectivity index (χ1v) is 13.6. The Hall–Kier alpha value is -4.86. The van der Waals surface area contributed by atoms with E-state index in [0.29, 0.717) is 30.0 Å². The number of nitrogens with one attached hydrogen (secondary N) is 1.